The zero-order valence-corrected chi connectivity index (χ0v) is 13.1. The van der Waals surface area contributed by atoms with Crippen molar-refractivity contribution in [3.63, 3.8) is 0 Å². The van der Waals surface area contributed by atoms with Crippen LogP contribution in [-0.2, 0) is 19.0 Å². The van der Waals surface area contributed by atoms with E-state index in [0.29, 0.717) is 52.6 Å². The number of hydrogen-bond donors (Lipinski definition) is 1. The van der Waals surface area contributed by atoms with E-state index in [2.05, 4.69) is 11.9 Å². The van der Waals surface area contributed by atoms with Gasteiger partial charge in [-0.1, -0.05) is 0 Å². The molecule has 0 saturated carbocycles. The minimum atomic E-state index is 0.180. The van der Waals surface area contributed by atoms with E-state index in [1.807, 2.05) is 4.90 Å². The highest BCUT2D eigenvalue weighted by atomic mass is 16.5. The predicted molar refractivity (Wildman–Crippen MR) is 80.2 cm³/mol. The number of nitrogens with two attached hydrogens (primary N) is 1. The molecule has 0 radical (unpaired) electrons. The first kappa shape index (κ1) is 18.3. The Hall–Kier alpha value is -0.730. The standard InChI is InChI=1S/C14H29N3O4/c1-16-4-6-17(7-5-16)14(18)2-8-19-10-12-21-13-11-20-9-3-15/h2-13,15H2,1H3. The zero-order valence-electron chi connectivity index (χ0n) is 13.1. The maximum absolute atomic E-state index is 11.9. The van der Waals surface area contributed by atoms with Gasteiger partial charge in [-0.25, -0.2) is 0 Å². The van der Waals surface area contributed by atoms with Gasteiger partial charge in [0.1, 0.15) is 0 Å². The van der Waals surface area contributed by atoms with Crippen LogP contribution in [-0.4, -0.2) is 95.1 Å². The summed E-state index contributed by atoms with van der Waals surface area (Å²) in [6.45, 7) is 7.23. The summed E-state index contributed by atoms with van der Waals surface area (Å²) in [6.07, 6.45) is 0.448. The second kappa shape index (κ2) is 11.9. The molecule has 0 aromatic rings. The Labute approximate surface area is 127 Å². The Morgan fingerprint density at radius 3 is 2.00 bits per heavy atom. The van der Waals surface area contributed by atoms with Crippen LogP contribution < -0.4 is 5.73 Å². The van der Waals surface area contributed by atoms with Crippen molar-refractivity contribution in [1.29, 1.82) is 0 Å². The minimum Gasteiger partial charge on any atom is -0.379 e. The number of ether oxygens (including phenoxy) is 3. The van der Waals surface area contributed by atoms with Crippen LogP contribution in [0.5, 0.6) is 0 Å². The SMILES string of the molecule is CN1CCN(C(=O)CCOCCOCCOCCN)CC1. The molecule has 0 bridgehead atoms. The first-order chi connectivity index (χ1) is 10.2. The second-order valence-electron chi connectivity index (χ2n) is 5.06. The number of amides is 1. The summed E-state index contributed by atoms with van der Waals surface area (Å²) in [5.74, 6) is 0.180. The minimum absolute atomic E-state index is 0.180. The average Bonchev–Trinajstić information content (AvgIpc) is 2.49. The van der Waals surface area contributed by atoms with Gasteiger partial charge in [0.2, 0.25) is 5.91 Å². The van der Waals surface area contributed by atoms with Crippen LogP contribution in [0.3, 0.4) is 0 Å². The van der Waals surface area contributed by atoms with Gasteiger partial charge in [-0.2, -0.15) is 0 Å². The van der Waals surface area contributed by atoms with E-state index >= 15 is 0 Å². The van der Waals surface area contributed by atoms with Crippen molar-refractivity contribution in [3.05, 3.63) is 0 Å². The molecule has 1 heterocycles. The lowest BCUT2D eigenvalue weighted by atomic mass is 10.3. The highest BCUT2D eigenvalue weighted by molar-refractivity contribution is 5.76. The molecule has 0 aromatic heterocycles. The van der Waals surface area contributed by atoms with Gasteiger partial charge in [0.05, 0.1) is 46.1 Å². The molecule has 2 N–H and O–H groups in total. The first-order valence-electron chi connectivity index (χ1n) is 7.63. The van der Waals surface area contributed by atoms with Crippen LogP contribution in [0, 0.1) is 0 Å². The summed E-state index contributed by atoms with van der Waals surface area (Å²) in [6, 6.07) is 0. The quantitative estimate of drug-likeness (QED) is 0.502. The molecule has 0 spiro atoms. The van der Waals surface area contributed by atoms with E-state index in [0.717, 1.165) is 26.2 Å². The van der Waals surface area contributed by atoms with Crippen LogP contribution in [0.25, 0.3) is 0 Å². The molecule has 1 rings (SSSR count). The van der Waals surface area contributed by atoms with Crippen molar-refractivity contribution in [3.8, 4) is 0 Å². The number of nitrogens with zero attached hydrogens (tertiary/aromatic N) is 2. The number of piperazine rings is 1. The molecule has 1 saturated heterocycles. The van der Waals surface area contributed by atoms with Crippen LogP contribution in [0.2, 0.25) is 0 Å². The number of carbonyl (C=O) groups excluding carboxylic acids is 1. The fraction of sp³-hybridized carbons (Fsp3) is 0.929. The third kappa shape index (κ3) is 9.00. The van der Waals surface area contributed by atoms with E-state index in [1.54, 1.807) is 0 Å². The van der Waals surface area contributed by atoms with Gasteiger partial charge in [-0.3, -0.25) is 4.79 Å². The van der Waals surface area contributed by atoms with Gasteiger partial charge >= 0.3 is 0 Å². The fourth-order valence-electron chi connectivity index (χ4n) is 2.00. The van der Waals surface area contributed by atoms with Crippen LogP contribution in [0.15, 0.2) is 0 Å². The number of likely N-dealkylation sites (N-methyl/N-ethyl adjacent to an activating group) is 1. The maximum Gasteiger partial charge on any atom is 0.224 e. The normalized spacial score (nSPS) is 16.4. The molecule has 7 heteroatoms. The zero-order chi connectivity index (χ0) is 15.3. The van der Waals surface area contributed by atoms with Crippen molar-refractivity contribution < 1.29 is 19.0 Å². The Bertz CT molecular complexity index is 271. The fourth-order valence-corrected chi connectivity index (χ4v) is 2.00. The highest BCUT2D eigenvalue weighted by Gasteiger charge is 2.18. The molecule has 0 atom stereocenters. The Morgan fingerprint density at radius 2 is 1.43 bits per heavy atom. The molecule has 1 aliphatic heterocycles. The van der Waals surface area contributed by atoms with E-state index in [1.165, 1.54) is 0 Å². The third-order valence-electron chi connectivity index (χ3n) is 3.32. The third-order valence-corrected chi connectivity index (χ3v) is 3.32. The summed E-state index contributed by atoms with van der Waals surface area (Å²) < 4.78 is 15.9. The largest absolute Gasteiger partial charge is 0.379 e. The molecule has 21 heavy (non-hydrogen) atoms. The molecule has 0 unspecified atom stereocenters. The van der Waals surface area contributed by atoms with Crippen molar-refractivity contribution in [2.75, 3.05) is 79.4 Å². The summed E-state index contributed by atoms with van der Waals surface area (Å²) in [7, 11) is 2.08. The lowest BCUT2D eigenvalue weighted by Gasteiger charge is -2.32. The lowest BCUT2D eigenvalue weighted by molar-refractivity contribution is -0.134. The van der Waals surface area contributed by atoms with Crippen LogP contribution in [0.1, 0.15) is 6.42 Å². The Kier molecular flexibility index (Phi) is 10.4. The molecule has 1 aliphatic rings. The van der Waals surface area contributed by atoms with Gasteiger partial charge in [-0.15, -0.1) is 0 Å². The van der Waals surface area contributed by atoms with Crippen LogP contribution >= 0.6 is 0 Å². The smallest absolute Gasteiger partial charge is 0.224 e. The van der Waals surface area contributed by atoms with Gasteiger partial charge < -0.3 is 29.7 Å². The van der Waals surface area contributed by atoms with E-state index in [4.69, 9.17) is 19.9 Å². The van der Waals surface area contributed by atoms with Crippen LogP contribution in [0.4, 0.5) is 0 Å². The van der Waals surface area contributed by atoms with Crippen molar-refractivity contribution in [1.82, 2.24) is 9.80 Å². The van der Waals surface area contributed by atoms with Crippen molar-refractivity contribution in [2.24, 2.45) is 5.73 Å². The maximum atomic E-state index is 11.9. The molecule has 124 valence electrons. The number of rotatable bonds is 11. The topological polar surface area (TPSA) is 77.3 Å². The number of hydrogen-bond acceptors (Lipinski definition) is 6. The molecule has 7 nitrogen and oxygen atoms in total. The summed E-state index contributed by atoms with van der Waals surface area (Å²) in [4.78, 5) is 16.1. The molecular formula is C14H29N3O4. The van der Waals surface area contributed by atoms with Crippen molar-refractivity contribution >= 4 is 5.91 Å². The molecule has 0 aliphatic carbocycles. The predicted octanol–water partition coefficient (Wildman–Crippen LogP) is -0.841. The van der Waals surface area contributed by atoms with Gasteiger partial charge in [0, 0.05) is 32.7 Å². The Balaban J connectivity index is 1.86. The summed E-state index contributed by atoms with van der Waals surface area (Å²) in [5, 5.41) is 0. The molecule has 1 amide bonds. The van der Waals surface area contributed by atoms with E-state index in [-0.39, 0.29) is 5.91 Å². The van der Waals surface area contributed by atoms with Gasteiger partial charge in [0.25, 0.3) is 0 Å². The Morgan fingerprint density at radius 1 is 0.905 bits per heavy atom. The summed E-state index contributed by atoms with van der Waals surface area (Å²) in [5.41, 5.74) is 5.29. The van der Waals surface area contributed by atoms with E-state index in [9.17, 15) is 4.79 Å². The lowest BCUT2D eigenvalue weighted by Crippen LogP contribution is -2.47. The first-order valence-corrected chi connectivity index (χ1v) is 7.63. The van der Waals surface area contributed by atoms with Crippen molar-refractivity contribution in [2.45, 2.75) is 6.42 Å². The molecule has 1 fully saturated rings. The molecule has 0 aromatic carbocycles. The second-order valence-corrected chi connectivity index (χ2v) is 5.06. The average molecular weight is 303 g/mol. The molecular weight excluding hydrogens is 274 g/mol. The van der Waals surface area contributed by atoms with E-state index < -0.39 is 0 Å². The van der Waals surface area contributed by atoms with Gasteiger partial charge in [0.15, 0.2) is 0 Å². The highest BCUT2D eigenvalue weighted by Crippen LogP contribution is 2.01. The monoisotopic (exact) mass is 303 g/mol. The van der Waals surface area contributed by atoms with Gasteiger partial charge in [-0.05, 0) is 7.05 Å². The summed E-state index contributed by atoms with van der Waals surface area (Å²) >= 11 is 0. The number of carbonyl (C=O) groups is 1.